The molecule has 1 aliphatic carbocycles. The summed E-state index contributed by atoms with van der Waals surface area (Å²) in [6.45, 7) is 2.96. The van der Waals surface area contributed by atoms with Crippen molar-refractivity contribution in [1.29, 1.82) is 0 Å². The maximum atomic E-state index is 11.0. The lowest BCUT2D eigenvalue weighted by atomic mass is 10.2. The van der Waals surface area contributed by atoms with E-state index in [2.05, 4.69) is 15.9 Å². The summed E-state index contributed by atoms with van der Waals surface area (Å²) < 4.78 is 11.8. The first kappa shape index (κ1) is 14.2. The zero-order valence-electron chi connectivity index (χ0n) is 10.8. The number of rotatable bonds is 7. The Morgan fingerprint density at radius 3 is 2.74 bits per heavy atom. The molecule has 0 atom stereocenters. The molecular formula is C14H17BrO4. The molecule has 0 spiro atoms. The summed E-state index contributed by atoms with van der Waals surface area (Å²) in [7, 11) is 0. The van der Waals surface area contributed by atoms with E-state index in [9.17, 15) is 4.79 Å². The van der Waals surface area contributed by atoms with E-state index in [4.69, 9.17) is 14.6 Å². The Labute approximate surface area is 120 Å². The standard InChI is InChI=1S/C14H17BrO4/c1-2-18-12-8-10(14(16)17)7-11(15)13(12)19-6-5-9-3-4-9/h7-9H,2-6H2,1H3,(H,16,17). The Bertz CT molecular complexity index is 469. The van der Waals surface area contributed by atoms with Gasteiger partial charge in [0.2, 0.25) is 0 Å². The minimum atomic E-state index is -0.980. The Kier molecular flexibility index (Phi) is 4.69. The van der Waals surface area contributed by atoms with Gasteiger partial charge in [-0.3, -0.25) is 0 Å². The van der Waals surface area contributed by atoms with Gasteiger partial charge in [0, 0.05) is 0 Å². The van der Waals surface area contributed by atoms with Crippen molar-refractivity contribution in [3.05, 3.63) is 22.2 Å². The lowest BCUT2D eigenvalue weighted by Crippen LogP contribution is -2.05. The SMILES string of the molecule is CCOc1cc(C(=O)O)cc(Br)c1OCCC1CC1. The van der Waals surface area contributed by atoms with Crippen LogP contribution in [0.15, 0.2) is 16.6 Å². The first-order valence-electron chi connectivity index (χ1n) is 6.44. The number of halogens is 1. The molecule has 0 aromatic heterocycles. The lowest BCUT2D eigenvalue weighted by Gasteiger charge is -2.14. The number of hydrogen-bond acceptors (Lipinski definition) is 3. The van der Waals surface area contributed by atoms with Crippen molar-refractivity contribution in [3.8, 4) is 11.5 Å². The van der Waals surface area contributed by atoms with Crippen LogP contribution in [0.2, 0.25) is 0 Å². The van der Waals surface area contributed by atoms with Crippen molar-refractivity contribution < 1.29 is 19.4 Å². The fourth-order valence-electron chi connectivity index (χ4n) is 1.83. The Morgan fingerprint density at radius 1 is 1.42 bits per heavy atom. The molecule has 1 saturated carbocycles. The van der Waals surface area contributed by atoms with Crippen LogP contribution in [0.3, 0.4) is 0 Å². The fourth-order valence-corrected chi connectivity index (χ4v) is 2.39. The highest BCUT2D eigenvalue weighted by Crippen LogP contribution is 2.38. The van der Waals surface area contributed by atoms with Crippen molar-refractivity contribution in [1.82, 2.24) is 0 Å². The van der Waals surface area contributed by atoms with Gasteiger partial charge in [-0.15, -0.1) is 0 Å². The van der Waals surface area contributed by atoms with Crippen LogP contribution in [0.4, 0.5) is 0 Å². The molecule has 0 amide bonds. The van der Waals surface area contributed by atoms with Crippen LogP contribution in [-0.4, -0.2) is 24.3 Å². The summed E-state index contributed by atoms with van der Waals surface area (Å²) in [6.07, 6.45) is 3.63. The van der Waals surface area contributed by atoms with Crippen molar-refractivity contribution in [3.63, 3.8) is 0 Å². The normalized spacial score (nSPS) is 14.2. The highest BCUT2D eigenvalue weighted by atomic mass is 79.9. The van der Waals surface area contributed by atoms with Gasteiger partial charge in [-0.25, -0.2) is 4.79 Å². The van der Waals surface area contributed by atoms with E-state index in [0.29, 0.717) is 29.2 Å². The molecule has 104 valence electrons. The third-order valence-electron chi connectivity index (χ3n) is 3.03. The average Bonchev–Trinajstić information content (AvgIpc) is 3.16. The van der Waals surface area contributed by atoms with Gasteiger partial charge < -0.3 is 14.6 Å². The number of carboxylic acids is 1. The molecule has 1 N–H and O–H groups in total. The first-order valence-corrected chi connectivity index (χ1v) is 7.23. The van der Waals surface area contributed by atoms with Crippen LogP contribution >= 0.6 is 15.9 Å². The number of ether oxygens (including phenoxy) is 2. The fraction of sp³-hybridized carbons (Fsp3) is 0.500. The number of hydrogen-bond donors (Lipinski definition) is 1. The predicted molar refractivity (Wildman–Crippen MR) is 75.1 cm³/mol. The molecule has 0 bridgehead atoms. The monoisotopic (exact) mass is 328 g/mol. The van der Waals surface area contributed by atoms with Crippen LogP contribution in [-0.2, 0) is 0 Å². The van der Waals surface area contributed by atoms with Crippen molar-refractivity contribution in [2.75, 3.05) is 13.2 Å². The second kappa shape index (κ2) is 6.28. The average molecular weight is 329 g/mol. The zero-order chi connectivity index (χ0) is 13.8. The summed E-state index contributed by atoms with van der Waals surface area (Å²) in [4.78, 5) is 11.0. The molecule has 0 saturated heterocycles. The van der Waals surface area contributed by atoms with E-state index >= 15 is 0 Å². The van der Waals surface area contributed by atoms with Crippen molar-refractivity contribution >= 4 is 21.9 Å². The zero-order valence-corrected chi connectivity index (χ0v) is 12.4. The minimum Gasteiger partial charge on any atom is -0.490 e. The molecule has 0 unspecified atom stereocenters. The molecule has 0 heterocycles. The number of benzene rings is 1. The molecule has 1 fully saturated rings. The van der Waals surface area contributed by atoms with Gasteiger partial charge in [0.15, 0.2) is 11.5 Å². The van der Waals surface area contributed by atoms with Gasteiger partial charge in [-0.2, -0.15) is 0 Å². The molecule has 19 heavy (non-hydrogen) atoms. The summed E-state index contributed by atoms with van der Waals surface area (Å²) in [5, 5.41) is 9.03. The maximum Gasteiger partial charge on any atom is 0.335 e. The molecule has 2 rings (SSSR count). The summed E-state index contributed by atoms with van der Waals surface area (Å²) in [6, 6.07) is 3.04. The number of carbonyl (C=O) groups is 1. The van der Waals surface area contributed by atoms with Gasteiger partial charge in [0.05, 0.1) is 23.2 Å². The van der Waals surface area contributed by atoms with E-state index in [1.807, 2.05) is 6.92 Å². The van der Waals surface area contributed by atoms with Gasteiger partial charge in [-0.05, 0) is 47.3 Å². The van der Waals surface area contributed by atoms with Gasteiger partial charge >= 0.3 is 5.97 Å². The Morgan fingerprint density at radius 2 is 2.16 bits per heavy atom. The van der Waals surface area contributed by atoms with Crippen LogP contribution in [0.5, 0.6) is 11.5 Å². The van der Waals surface area contributed by atoms with Crippen LogP contribution in [0.1, 0.15) is 36.5 Å². The molecule has 0 radical (unpaired) electrons. The van der Waals surface area contributed by atoms with Crippen LogP contribution < -0.4 is 9.47 Å². The molecule has 0 aliphatic heterocycles. The number of aromatic carboxylic acids is 1. The summed E-state index contributed by atoms with van der Waals surface area (Å²) >= 11 is 3.35. The minimum absolute atomic E-state index is 0.185. The quantitative estimate of drug-likeness (QED) is 0.828. The molecule has 1 aromatic rings. The molecule has 1 aliphatic rings. The first-order chi connectivity index (χ1) is 9.11. The second-order valence-corrected chi connectivity index (χ2v) is 5.46. The Balaban J connectivity index is 2.15. The summed E-state index contributed by atoms with van der Waals surface area (Å²) in [5.74, 6) is 0.886. The molecule has 5 heteroatoms. The van der Waals surface area contributed by atoms with E-state index in [0.717, 1.165) is 12.3 Å². The Hall–Kier alpha value is -1.23. The van der Waals surface area contributed by atoms with Crippen LogP contribution in [0, 0.1) is 5.92 Å². The van der Waals surface area contributed by atoms with E-state index < -0.39 is 5.97 Å². The topological polar surface area (TPSA) is 55.8 Å². The van der Waals surface area contributed by atoms with E-state index in [1.54, 1.807) is 0 Å². The van der Waals surface area contributed by atoms with E-state index in [-0.39, 0.29) is 5.56 Å². The van der Waals surface area contributed by atoms with E-state index in [1.165, 1.54) is 25.0 Å². The molecule has 1 aromatic carbocycles. The van der Waals surface area contributed by atoms with Gasteiger partial charge in [0.1, 0.15) is 0 Å². The van der Waals surface area contributed by atoms with Crippen LogP contribution in [0.25, 0.3) is 0 Å². The molecule has 4 nitrogen and oxygen atoms in total. The van der Waals surface area contributed by atoms with Gasteiger partial charge in [-0.1, -0.05) is 12.8 Å². The predicted octanol–water partition coefficient (Wildman–Crippen LogP) is 3.72. The highest BCUT2D eigenvalue weighted by molar-refractivity contribution is 9.10. The highest BCUT2D eigenvalue weighted by Gasteiger charge is 2.22. The second-order valence-electron chi connectivity index (χ2n) is 4.60. The van der Waals surface area contributed by atoms with Crippen molar-refractivity contribution in [2.24, 2.45) is 5.92 Å². The van der Waals surface area contributed by atoms with Gasteiger partial charge in [0.25, 0.3) is 0 Å². The third-order valence-corrected chi connectivity index (χ3v) is 3.61. The lowest BCUT2D eigenvalue weighted by molar-refractivity contribution is 0.0696. The number of carboxylic acid groups (broad SMARTS) is 1. The molecular weight excluding hydrogens is 312 g/mol. The largest absolute Gasteiger partial charge is 0.490 e. The van der Waals surface area contributed by atoms with Crippen molar-refractivity contribution in [2.45, 2.75) is 26.2 Å². The third kappa shape index (κ3) is 3.86. The smallest absolute Gasteiger partial charge is 0.335 e. The summed E-state index contributed by atoms with van der Waals surface area (Å²) in [5.41, 5.74) is 0.185. The maximum absolute atomic E-state index is 11.0.